The summed E-state index contributed by atoms with van der Waals surface area (Å²) < 4.78 is 0. The van der Waals surface area contributed by atoms with Crippen molar-refractivity contribution in [3.8, 4) is 22.3 Å². The number of hydrogen-bond donors (Lipinski definition) is 0. The summed E-state index contributed by atoms with van der Waals surface area (Å²) >= 11 is 0. The first kappa shape index (κ1) is 33.5. The fourth-order valence-electron chi connectivity index (χ4n) is 8.77. The third-order valence-corrected chi connectivity index (χ3v) is 14.8. The highest BCUT2D eigenvalue weighted by Crippen LogP contribution is 2.52. The summed E-state index contributed by atoms with van der Waals surface area (Å²) in [5.74, 6) is 0. The monoisotopic (exact) mass is 636 g/mol. The second-order valence-corrected chi connectivity index (χ2v) is 19.2. The summed E-state index contributed by atoms with van der Waals surface area (Å²) in [7, 11) is -2.11. The SMILES string of the molecule is CCCCCCc1ccc(-c2cccc3c2C([Si](C)(C)C2=C(C)Cc4cccc(-c5ccc(CCCCCC)cc5)c42)=C(C)C3)cc1. The van der Waals surface area contributed by atoms with Crippen LogP contribution in [0.3, 0.4) is 0 Å². The van der Waals surface area contributed by atoms with Crippen molar-refractivity contribution in [2.45, 2.75) is 118 Å². The molecule has 0 saturated heterocycles. The highest BCUT2D eigenvalue weighted by molar-refractivity contribution is 7.09. The normalized spacial score (nSPS) is 14.3. The summed E-state index contributed by atoms with van der Waals surface area (Å²) in [5, 5.41) is 3.34. The van der Waals surface area contributed by atoms with E-state index in [1.807, 2.05) is 0 Å². The average Bonchev–Trinajstić information content (AvgIpc) is 3.62. The molecule has 0 amide bonds. The predicted molar refractivity (Wildman–Crippen MR) is 210 cm³/mol. The van der Waals surface area contributed by atoms with Crippen molar-refractivity contribution in [3.05, 3.63) is 129 Å². The molecular weight excluding hydrogens is 581 g/mol. The van der Waals surface area contributed by atoms with E-state index in [1.54, 1.807) is 21.5 Å². The number of benzene rings is 4. The molecule has 0 heterocycles. The summed E-state index contributed by atoms with van der Waals surface area (Å²) in [6.07, 6.45) is 15.1. The number of allylic oxidation sites excluding steroid dienone is 2. The van der Waals surface area contributed by atoms with Gasteiger partial charge in [-0.2, -0.15) is 0 Å². The van der Waals surface area contributed by atoms with Crippen molar-refractivity contribution in [3.63, 3.8) is 0 Å². The number of aryl methyl sites for hydroxylation is 2. The van der Waals surface area contributed by atoms with Crippen molar-refractivity contribution in [1.29, 1.82) is 0 Å². The zero-order valence-electron chi connectivity index (χ0n) is 30.1. The van der Waals surface area contributed by atoms with Gasteiger partial charge in [0.2, 0.25) is 0 Å². The quantitative estimate of drug-likeness (QED) is 0.0954. The molecule has 0 saturated carbocycles. The molecule has 4 aromatic rings. The minimum atomic E-state index is -2.11. The molecule has 244 valence electrons. The molecule has 0 N–H and O–H groups in total. The number of fused-ring (bicyclic) bond motifs is 2. The smallest absolute Gasteiger partial charge is 0.0686 e. The van der Waals surface area contributed by atoms with Gasteiger partial charge in [-0.25, -0.2) is 0 Å². The molecule has 0 bridgehead atoms. The van der Waals surface area contributed by atoms with Gasteiger partial charge in [0.15, 0.2) is 0 Å². The molecular formula is C46H56Si. The summed E-state index contributed by atoms with van der Waals surface area (Å²) in [4.78, 5) is 0. The van der Waals surface area contributed by atoms with Crippen LogP contribution >= 0.6 is 0 Å². The van der Waals surface area contributed by atoms with Gasteiger partial charge in [-0.1, -0.05) is 162 Å². The van der Waals surface area contributed by atoms with Crippen LogP contribution in [0.5, 0.6) is 0 Å². The van der Waals surface area contributed by atoms with Crippen LogP contribution in [-0.4, -0.2) is 8.07 Å². The molecule has 47 heavy (non-hydrogen) atoms. The van der Waals surface area contributed by atoms with E-state index >= 15 is 0 Å². The third-order valence-electron chi connectivity index (χ3n) is 11.0. The van der Waals surface area contributed by atoms with Crippen LogP contribution < -0.4 is 0 Å². The topological polar surface area (TPSA) is 0 Å². The Kier molecular flexibility index (Phi) is 10.5. The van der Waals surface area contributed by atoms with Crippen LogP contribution in [0.1, 0.15) is 112 Å². The first-order chi connectivity index (χ1) is 22.8. The van der Waals surface area contributed by atoms with Crippen LogP contribution in [0.15, 0.2) is 96.1 Å². The van der Waals surface area contributed by atoms with Gasteiger partial charge in [-0.3, -0.25) is 0 Å². The van der Waals surface area contributed by atoms with Gasteiger partial charge in [0, 0.05) is 0 Å². The van der Waals surface area contributed by atoms with Gasteiger partial charge in [0.25, 0.3) is 0 Å². The van der Waals surface area contributed by atoms with E-state index in [1.165, 1.54) is 120 Å². The molecule has 6 rings (SSSR count). The molecule has 4 aromatic carbocycles. The van der Waals surface area contributed by atoms with Crippen molar-refractivity contribution >= 4 is 18.5 Å². The lowest BCUT2D eigenvalue weighted by atomic mass is 9.95. The van der Waals surface area contributed by atoms with Crippen LogP contribution in [-0.2, 0) is 25.7 Å². The van der Waals surface area contributed by atoms with Crippen molar-refractivity contribution in [2.75, 3.05) is 0 Å². The summed E-state index contributed by atoms with van der Waals surface area (Å²) in [6.45, 7) is 14.7. The van der Waals surface area contributed by atoms with Crippen molar-refractivity contribution in [1.82, 2.24) is 0 Å². The Labute approximate surface area is 287 Å². The Morgan fingerprint density at radius 2 is 0.894 bits per heavy atom. The largest absolute Gasteiger partial charge is 0.113 e. The summed E-state index contributed by atoms with van der Waals surface area (Å²) in [5.41, 5.74) is 17.8. The van der Waals surface area contributed by atoms with Gasteiger partial charge in [-0.15, -0.1) is 0 Å². The molecule has 0 radical (unpaired) electrons. The minimum Gasteiger partial charge on any atom is -0.0686 e. The van der Waals surface area contributed by atoms with E-state index < -0.39 is 8.07 Å². The lowest BCUT2D eigenvalue weighted by Crippen LogP contribution is -2.31. The van der Waals surface area contributed by atoms with Crippen LogP contribution in [0, 0.1) is 0 Å². The fraction of sp³-hybridized carbons (Fsp3) is 0.391. The van der Waals surface area contributed by atoms with Gasteiger partial charge < -0.3 is 0 Å². The predicted octanol–water partition coefficient (Wildman–Crippen LogP) is 13.4. The molecule has 0 unspecified atom stereocenters. The van der Waals surface area contributed by atoms with E-state index in [0.29, 0.717) is 0 Å². The molecule has 0 atom stereocenters. The van der Waals surface area contributed by atoms with Gasteiger partial charge in [-0.05, 0) is 118 Å². The zero-order valence-corrected chi connectivity index (χ0v) is 31.1. The molecule has 0 spiro atoms. The average molecular weight is 637 g/mol. The fourth-order valence-corrected chi connectivity index (χ4v) is 13.2. The van der Waals surface area contributed by atoms with E-state index in [9.17, 15) is 0 Å². The maximum atomic E-state index is 2.64. The molecule has 0 nitrogen and oxygen atoms in total. The van der Waals surface area contributed by atoms with Crippen LogP contribution in [0.4, 0.5) is 0 Å². The molecule has 1 heteroatoms. The van der Waals surface area contributed by atoms with E-state index in [0.717, 1.165) is 12.8 Å². The summed E-state index contributed by atoms with van der Waals surface area (Å²) in [6, 6.07) is 33.3. The minimum absolute atomic E-state index is 1.07. The molecule has 0 fully saturated rings. The maximum absolute atomic E-state index is 2.64. The Morgan fingerprint density at radius 1 is 0.489 bits per heavy atom. The number of hydrogen-bond acceptors (Lipinski definition) is 0. The van der Waals surface area contributed by atoms with E-state index in [2.05, 4.69) is 126 Å². The van der Waals surface area contributed by atoms with Crippen LogP contribution in [0.2, 0.25) is 13.1 Å². The van der Waals surface area contributed by atoms with Crippen molar-refractivity contribution < 1.29 is 0 Å². The Morgan fingerprint density at radius 3 is 1.28 bits per heavy atom. The van der Waals surface area contributed by atoms with E-state index in [4.69, 9.17) is 0 Å². The molecule has 0 aliphatic heterocycles. The highest BCUT2D eigenvalue weighted by atomic mass is 28.3. The standard InChI is InChI=1S/C46H56Si/c1-7-9-11-13-17-35-23-27-37(28-24-35)41-21-15-19-39-31-33(3)45(43(39)41)47(5,6)46-34(4)32-40-20-16-22-42(44(40)46)38-29-25-36(26-30-38)18-14-12-10-8-2/h15-16,19-30H,7-14,17-18,31-32H2,1-6H3. The second-order valence-electron chi connectivity index (χ2n) is 15.0. The molecule has 2 aliphatic rings. The number of unbranched alkanes of at least 4 members (excludes halogenated alkanes) is 6. The van der Waals surface area contributed by atoms with Gasteiger partial charge in [0.05, 0.1) is 0 Å². The Balaban J connectivity index is 1.34. The van der Waals surface area contributed by atoms with E-state index in [-0.39, 0.29) is 0 Å². The van der Waals surface area contributed by atoms with Crippen LogP contribution in [0.25, 0.3) is 32.6 Å². The number of rotatable bonds is 14. The maximum Gasteiger partial charge on any atom is 0.113 e. The van der Waals surface area contributed by atoms with Crippen molar-refractivity contribution in [2.24, 2.45) is 0 Å². The lowest BCUT2D eigenvalue weighted by molar-refractivity contribution is 0.667. The third kappa shape index (κ3) is 6.93. The Bertz CT molecular complexity index is 1630. The second kappa shape index (κ2) is 14.8. The molecule has 2 aliphatic carbocycles. The lowest BCUT2D eigenvalue weighted by Gasteiger charge is -2.32. The Hall–Kier alpha value is -3.42. The highest BCUT2D eigenvalue weighted by Gasteiger charge is 2.42. The molecule has 0 aromatic heterocycles. The van der Waals surface area contributed by atoms with Gasteiger partial charge in [0.1, 0.15) is 8.07 Å². The first-order valence-corrected chi connectivity index (χ1v) is 21.7. The zero-order chi connectivity index (χ0) is 33.0. The first-order valence-electron chi connectivity index (χ1n) is 18.7. The van der Waals surface area contributed by atoms with Gasteiger partial charge >= 0.3 is 0 Å².